The Hall–Kier alpha value is -3.82. The highest BCUT2D eigenvalue weighted by atomic mass is 19.1. The first kappa shape index (κ1) is 20.8. The van der Waals surface area contributed by atoms with Gasteiger partial charge >= 0.3 is 6.03 Å². The summed E-state index contributed by atoms with van der Waals surface area (Å²) < 4.78 is 27.3. The summed E-state index contributed by atoms with van der Waals surface area (Å²) >= 11 is 0. The number of hydrogen-bond donors (Lipinski definition) is 1. The first-order chi connectivity index (χ1) is 16.5. The van der Waals surface area contributed by atoms with Gasteiger partial charge in [0.05, 0.1) is 42.0 Å². The number of fused-ring (bicyclic) bond motifs is 4. The molecule has 8 nitrogen and oxygen atoms in total. The molecule has 3 aromatic heterocycles. The SMILES string of the molecule is O=C(Nc1cncc(F)c1)N1c2nc(-c3ccnc(N4CC[C@@H](F)C4)c3)ccc2N2CC[C@H]1C2. The summed E-state index contributed by atoms with van der Waals surface area (Å²) in [5.41, 5.74) is 2.72. The Bertz CT molecular complexity index is 1260. The maximum Gasteiger partial charge on any atom is 0.327 e. The second-order valence-electron chi connectivity index (χ2n) is 8.85. The maximum atomic E-state index is 13.7. The number of aromatic nitrogens is 3. The number of carbonyl (C=O) groups excluding carboxylic acids is 1. The summed E-state index contributed by atoms with van der Waals surface area (Å²) in [7, 11) is 0. The van der Waals surface area contributed by atoms with Gasteiger partial charge in [0.15, 0.2) is 5.82 Å². The molecule has 0 aromatic carbocycles. The summed E-state index contributed by atoms with van der Waals surface area (Å²) in [4.78, 5) is 32.2. The van der Waals surface area contributed by atoms with Crippen molar-refractivity contribution in [3.63, 3.8) is 0 Å². The normalized spacial score (nSPS) is 21.1. The molecule has 2 saturated heterocycles. The van der Waals surface area contributed by atoms with Crippen LogP contribution in [0.15, 0.2) is 48.9 Å². The molecule has 2 amide bonds. The fourth-order valence-electron chi connectivity index (χ4n) is 4.97. The predicted octanol–water partition coefficient (Wildman–Crippen LogP) is 3.86. The summed E-state index contributed by atoms with van der Waals surface area (Å²) in [6.07, 6.45) is 4.69. The highest BCUT2D eigenvalue weighted by molar-refractivity contribution is 6.04. The predicted molar refractivity (Wildman–Crippen MR) is 126 cm³/mol. The smallest absolute Gasteiger partial charge is 0.327 e. The molecule has 3 aromatic rings. The molecule has 34 heavy (non-hydrogen) atoms. The van der Waals surface area contributed by atoms with Gasteiger partial charge in [-0.25, -0.2) is 23.5 Å². The Balaban J connectivity index is 1.34. The van der Waals surface area contributed by atoms with Gasteiger partial charge in [-0.1, -0.05) is 0 Å². The fourth-order valence-corrected chi connectivity index (χ4v) is 4.97. The van der Waals surface area contributed by atoms with Gasteiger partial charge in [-0.15, -0.1) is 0 Å². The Morgan fingerprint density at radius 1 is 1.06 bits per heavy atom. The van der Waals surface area contributed by atoms with E-state index in [-0.39, 0.29) is 12.1 Å². The number of alkyl halides is 1. The lowest BCUT2D eigenvalue weighted by molar-refractivity contribution is 0.255. The van der Waals surface area contributed by atoms with E-state index in [1.807, 2.05) is 29.2 Å². The van der Waals surface area contributed by atoms with Crippen LogP contribution in [0, 0.1) is 5.82 Å². The lowest BCUT2D eigenvalue weighted by Crippen LogP contribution is -2.48. The van der Waals surface area contributed by atoms with Gasteiger partial charge in [0, 0.05) is 37.5 Å². The highest BCUT2D eigenvalue weighted by Crippen LogP contribution is 2.40. The molecule has 2 bridgehead atoms. The van der Waals surface area contributed by atoms with Crippen molar-refractivity contribution in [2.75, 3.05) is 46.2 Å². The minimum absolute atomic E-state index is 0.0316. The van der Waals surface area contributed by atoms with E-state index < -0.39 is 12.0 Å². The molecule has 0 radical (unpaired) electrons. The van der Waals surface area contributed by atoms with Gasteiger partial charge < -0.3 is 15.1 Å². The van der Waals surface area contributed by atoms with Crippen molar-refractivity contribution < 1.29 is 13.6 Å². The van der Waals surface area contributed by atoms with Crippen molar-refractivity contribution >= 4 is 29.0 Å². The third-order valence-corrected chi connectivity index (χ3v) is 6.62. The Morgan fingerprint density at radius 3 is 2.76 bits per heavy atom. The molecule has 0 spiro atoms. The van der Waals surface area contributed by atoms with Gasteiger partial charge in [0.1, 0.15) is 17.8 Å². The molecule has 174 valence electrons. The zero-order valence-corrected chi connectivity index (χ0v) is 18.4. The van der Waals surface area contributed by atoms with Gasteiger partial charge in [-0.3, -0.25) is 9.88 Å². The topological polar surface area (TPSA) is 77.5 Å². The number of nitrogens with one attached hydrogen (secondary N) is 1. The lowest BCUT2D eigenvalue weighted by atomic mass is 10.1. The molecule has 6 rings (SSSR count). The molecule has 0 saturated carbocycles. The minimum atomic E-state index is -0.836. The second kappa shape index (κ2) is 8.19. The van der Waals surface area contributed by atoms with Gasteiger partial charge in [0.2, 0.25) is 0 Å². The molecule has 6 heterocycles. The monoisotopic (exact) mass is 463 g/mol. The van der Waals surface area contributed by atoms with E-state index in [0.29, 0.717) is 42.5 Å². The van der Waals surface area contributed by atoms with Crippen molar-refractivity contribution in [3.05, 3.63) is 54.7 Å². The van der Waals surface area contributed by atoms with Gasteiger partial charge in [-0.05, 0) is 37.1 Å². The summed E-state index contributed by atoms with van der Waals surface area (Å²) in [6.45, 7) is 2.53. The first-order valence-electron chi connectivity index (χ1n) is 11.4. The molecule has 2 atom stereocenters. The van der Waals surface area contributed by atoms with Crippen molar-refractivity contribution in [1.29, 1.82) is 0 Å². The van der Waals surface area contributed by atoms with Gasteiger partial charge in [0.25, 0.3) is 0 Å². The average Bonchev–Trinajstić information content (AvgIpc) is 3.46. The standard InChI is InChI=1S/C24H23F2N7O/c25-16-4-7-32(13-16)22-9-15(3-6-28-22)20-1-2-21-23(30-20)33(19-5-8-31(21)14-19)24(34)29-18-10-17(26)11-27-12-18/h1-3,6,9-12,16,19H,4-5,7-8,13-14H2,(H,29,34)/t16-,19+/m1/s1. The largest absolute Gasteiger partial charge is 0.366 e. The van der Waals surface area contributed by atoms with Crippen LogP contribution in [0.5, 0.6) is 0 Å². The van der Waals surface area contributed by atoms with Crippen LogP contribution in [0.25, 0.3) is 11.3 Å². The van der Waals surface area contributed by atoms with E-state index in [0.717, 1.165) is 37.0 Å². The number of hydrogen-bond acceptors (Lipinski definition) is 6. The number of anilines is 4. The highest BCUT2D eigenvalue weighted by Gasteiger charge is 2.40. The van der Waals surface area contributed by atoms with Gasteiger partial charge in [-0.2, -0.15) is 0 Å². The van der Waals surface area contributed by atoms with Crippen LogP contribution in [0.1, 0.15) is 12.8 Å². The zero-order chi connectivity index (χ0) is 23.2. The van der Waals surface area contributed by atoms with Crippen LogP contribution in [-0.4, -0.2) is 59.4 Å². The maximum absolute atomic E-state index is 13.7. The second-order valence-corrected chi connectivity index (χ2v) is 8.85. The number of amides is 2. The molecule has 3 aliphatic rings. The molecule has 0 aliphatic carbocycles. The number of urea groups is 1. The van der Waals surface area contributed by atoms with Crippen LogP contribution >= 0.6 is 0 Å². The quantitative estimate of drug-likeness (QED) is 0.636. The average molecular weight is 463 g/mol. The number of rotatable bonds is 3. The van der Waals surface area contributed by atoms with Crippen LogP contribution in [-0.2, 0) is 0 Å². The Labute approximate surface area is 195 Å². The Morgan fingerprint density at radius 2 is 1.94 bits per heavy atom. The lowest BCUT2D eigenvalue weighted by Gasteiger charge is -2.36. The van der Waals surface area contributed by atoms with E-state index >= 15 is 0 Å². The number of pyridine rings is 3. The summed E-state index contributed by atoms with van der Waals surface area (Å²) in [6, 6.07) is 8.53. The van der Waals surface area contributed by atoms with Crippen molar-refractivity contribution in [3.8, 4) is 11.3 Å². The van der Waals surface area contributed by atoms with Crippen LogP contribution < -0.4 is 20.0 Å². The van der Waals surface area contributed by atoms with E-state index in [1.54, 1.807) is 11.1 Å². The van der Waals surface area contributed by atoms with Crippen molar-refractivity contribution in [2.45, 2.75) is 25.1 Å². The molecular weight excluding hydrogens is 440 g/mol. The summed E-state index contributed by atoms with van der Waals surface area (Å²) in [5.74, 6) is 0.764. The molecule has 2 fully saturated rings. The minimum Gasteiger partial charge on any atom is -0.366 e. The molecule has 10 heteroatoms. The van der Waals surface area contributed by atoms with Crippen molar-refractivity contribution in [1.82, 2.24) is 15.0 Å². The van der Waals surface area contributed by atoms with Crippen molar-refractivity contribution in [2.24, 2.45) is 0 Å². The summed E-state index contributed by atoms with van der Waals surface area (Å²) in [5, 5.41) is 2.76. The van der Waals surface area contributed by atoms with Crippen LogP contribution in [0.4, 0.5) is 36.6 Å². The number of halogens is 2. The van der Waals surface area contributed by atoms with E-state index in [2.05, 4.69) is 20.2 Å². The fraction of sp³-hybridized carbons (Fsp3) is 0.333. The number of carbonyl (C=O) groups is 1. The van der Waals surface area contributed by atoms with E-state index in [9.17, 15) is 13.6 Å². The Kier molecular flexibility index (Phi) is 5.00. The first-order valence-corrected chi connectivity index (χ1v) is 11.4. The molecular formula is C24H23F2N7O. The molecule has 0 unspecified atom stereocenters. The van der Waals surface area contributed by atoms with E-state index in [1.165, 1.54) is 12.3 Å². The third kappa shape index (κ3) is 3.68. The molecule has 3 aliphatic heterocycles. The van der Waals surface area contributed by atoms with Crippen LogP contribution in [0.3, 0.4) is 0 Å². The third-order valence-electron chi connectivity index (χ3n) is 6.62. The molecule has 1 N–H and O–H groups in total. The van der Waals surface area contributed by atoms with E-state index in [4.69, 9.17) is 4.98 Å². The zero-order valence-electron chi connectivity index (χ0n) is 18.4. The van der Waals surface area contributed by atoms with Crippen LogP contribution in [0.2, 0.25) is 0 Å². The number of nitrogens with zero attached hydrogens (tertiary/aromatic N) is 6.